The third kappa shape index (κ3) is 1.57. The highest BCUT2D eigenvalue weighted by Gasteiger charge is 2.28. The zero-order valence-corrected chi connectivity index (χ0v) is 8.82. The second-order valence-electron chi connectivity index (χ2n) is 4.14. The van der Waals surface area contributed by atoms with Crippen LogP contribution < -0.4 is 5.73 Å². The molecule has 0 radical (unpaired) electrons. The van der Waals surface area contributed by atoms with E-state index in [9.17, 15) is 0 Å². The predicted octanol–water partition coefficient (Wildman–Crippen LogP) is 1.75. The molecule has 2 unspecified atom stereocenters. The molecule has 1 heterocycles. The molecule has 0 amide bonds. The van der Waals surface area contributed by atoms with E-state index >= 15 is 0 Å². The van der Waals surface area contributed by atoms with Crippen LogP contribution in [0.25, 0.3) is 0 Å². The van der Waals surface area contributed by atoms with Crippen molar-refractivity contribution in [2.24, 2.45) is 11.7 Å². The molecule has 1 aromatic rings. The molecule has 14 heavy (non-hydrogen) atoms. The average Bonchev–Trinajstić information content (AvgIpc) is 2.85. The van der Waals surface area contributed by atoms with E-state index in [2.05, 4.69) is 16.5 Å². The molecule has 0 aromatic carbocycles. The Hall–Kier alpha value is -0.830. The van der Waals surface area contributed by atoms with Gasteiger partial charge in [-0.25, -0.2) is 4.98 Å². The summed E-state index contributed by atoms with van der Waals surface area (Å²) in [6, 6.07) is 0.609. The van der Waals surface area contributed by atoms with Gasteiger partial charge in [-0.1, -0.05) is 13.3 Å². The number of imidazole rings is 1. The van der Waals surface area contributed by atoms with Gasteiger partial charge in [0.15, 0.2) is 0 Å². The number of aromatic nitrogens is 2. The molecule has 3 nitrogen and oxygen atoms in total. The number of aryl methyl sites for hydroxylation is 1. The Balaban J connectivity index is 2.21. The molecule has 0 saturated heterocycles. The first-order valence-corrected chi connectivity index (χ1v) is 5.57. The summed E-state index contributed by atoms with van der Waals surface area (Å²) in [5.74, 6) is 0.662. The number of nitrogens with two attached hydrogens (primary N) is 1. The summed E-state index contributed by atoms with van der Waals surface area (Å²) >= 11 is 0. The minimum absolute atomic E-state index is 0.609. The molecule has 78 valence electrons. The molecule has 3 heteroatoms. The molecule has 1 aliphatic rings. The quantitative estimate of drug-likeness (QED) is 0.794. The van der Waals surface area contributed by atoms with Crippen molar-refractivity contribution in [3.8, 4) is 0 Å². The van der Waals surface area contributed by atoms with E-state index in [0.717, 1.165) is 13.0 Å². The van der Waals surface area contributed by atoms with Gasteiger partial charge in [-0.2, -0.15) is 0 Å². The standard InChI is InChI=1S/C11H19N3/c1-2-10-7-13-8-14(10)11-5-3-4-9(11)6-12/h7-9,11H,2-6,12H2,1H3. The van der Waals surface area contributed by atoms with Crippen LogP contribution in [0.15, 0.2) is 12.5 Å². The van der Waals surface area contributed by atoms with Gasteiger partial charge in [0.1, 0.15) is 0 Å². The molecule has 1 aromatic heterocycles. The van der Waals surface area contributed by atoms with E-state index in [1.54, 1.807) is 0 Å². The fraction of sp³-hybridized carbons (Fsp3) is 0.727. The Morgan fingerprint density at radius 2 is 2.43 bits per heavy atom. The summed E-state index contributed by atoms with van der Waals surface area (Å²) in [4.78, 5) is 4.23. The first-order chi connectivity index (χ1) is 6.86. The molecule has 0 spiro atoms. The molecule has 1 saturated carbocycles. The van der Waals surface area contributed by atoms with E-state index in [0.29, 0.717) is 12.0 Å². The topological polar surface area (TPSA) is 43.8 Å². The van der Waals surface area contributed by atoms with Gasteiger partial charge in [-0.15, -0.1) is 0 Å². The lowest BCUT2D eigenvalue weighted by molar-refractivity contribution is 0.379. The SMILES string of the molecule is CCc1cncn1C1CCCC1CN. The fourth-order valence-corrected chi connectivity index (χ4v) is 2.56. The van der Waals surface area contributed by atoms with Gasteiger partial charge < -0.3 is 10.3 Å². The van der Waals surface area contributed by atoms with Crippen molar-refractivity contribution in [3.63, 3.8) is 0 Å². The maximum atomic E-state index is 5.79. The van der Waals surface area contributed by atoms with Crippen LogP contribution in [0.3, 0.4) is 0 Å². The van der Waals surface area contributed by atoms with Gasteiger partial charge in [0.25, 0.3) is 0 Å². The highest BCUT2D eigenvalue weighted by molar-refractivity contribution is 5.02. The van der Waals surface area contributed by atoms with Gasteiger partial charge in [0.2, 0.25) is 0 Å². The normalized spacial score (nSPS) is 27.0. The van der Waals surface area contributed by atoms with E-state index in [-0.39, 0.29) is 0 Å². The Labute approximate surface area is 85.3 Å². The van der Waals surface area contributed by atoms with Crippen LogP contribution in [-0.4, -0.2) is 16.1 Å². The number of nitrogens with zero attached hydrogens (tertiary/aromatic N) is 2. The second-order valence-corrected chi connectivity index (χ2v) is 4.14. The largest absolute Gasteiger partial charge is 0.331 e. The number of hydrogen-bond donors (Lipinski definition) is 1. The van der Waals surface area contributed by atoms with Crippen molar-refractivity contribution in [1.29, 1.82) is 0 Å². The average molecular weight is 193 g/mol. The van der Waals surface area contributed by atoms with E-state index in [1.165, 1.54) is 25.0 Å². The first kappa shape index (κ1) is 9.71. The lowest BCUT2D eigenvalue weighted by atomic mass is 10.0. The molecule has 1 fully saturated rings. The zero-order valence-electron chi connectivity index (χ0n) is 8.82. The summed E-state index contributed by atoms with van der Waals surface area (Å²) in [7, 11) is 0. The molecule has 0 aliphatic heterocycles. The van der Waals surface area contributed by atoms with Crippen LogP contribution in [-0.2, 0) is 6.42 Å². The van der Waals surface area contributed by atoms with Crippen LogP contribution in [0.2, 0.25) is 0 Å². The smallest absolute Gasteiger partial charge is 0.0950 e. The van der Waals surface area contributed by atoms with Crippen LogP contribution in [0.4, 0.5) is 0 Å². The van der Waals surface area contributed by atoms with Gasteiger partial charge in [0.05, 0.1) is 6.33 Å². The van der Waals surface area contributed by atoms with Crippen molar-refractivity contribution in [3.05, 3.63) is 18.2 Å². The molecule has 2 rings (SSSR count). The van der Waals surface area contributed by atoms with Gasteiger partial charge in [0, 0.05) is 17.9 Å². The maximum Gasteiger partial charge on any atom is 0.0950 e. The summed E-state index contributed by atoms with van der Waals surface area (Å²) in [6.07, 6.45) is 8.87. The van der Waals surface area contributed by atoms with Crippen LogP contribution >= 0.6 is 0 Å². The Morgan fingerprint density at radius 1 is 1.57 bits per heavy atom. The third-order valence-electron chi connectivity index (χ3n) is 3.39. The van der Waals surface area contributed by atoms with Crippen LogP contribution in [0.1, 0.15) is 37.9 Å². The van der Waals surface area contributed by atoms with Gasteiger partial charge in [-0.05, 0) is 31.7 Å². The molecular formula is C11H19N3. The van der Waals surface area contributed by atoms with Gasteiger partial charge in [-0.3, -0.25) is 0 Å². The van der Waals surface area contributed by atoms with Crippen molar-refractivity contribution >= 4 is 0 Å². The third-order valence-corrected chi connectivity index (χ3v) is 3.39. The minimum Gasteiger partial charge on any atom is -0.331 e. The van der Waals surface area contributed by atoms with E-state index in [1.807, 2.05) is 12.5 Å². The van der Waals surface area contributed by atoms with Crippen molar-refractivity contribution in [2.75, 3.05) is 6.54 Å². The second kappa shape index (κ2) is 4.13. The lowest BCUT2D eigenvalue weighted by Crippen LogP contribution is -2.22. The van der Waals surface area contributed by atoms with Gasteiger partial charge >= 0.3 is 0 Å². The monoisotopic (exact) mass is 193 g/mol. The van der Waals surface area contributed by atoms with Crippen LogP contribution in [0.5, 0.6) is 0 Å². The Morgan fingerprint density at radius 3 is 3.14 bits per heavy atom. The van der Waals surface area contributed by atoms with Crippen LogP contribution in [0, 0.1) is 5.92 Å². The zero-order chi connectivity index (χ0) is 9.97. The lowest BCUT2D eigenvalue weighted by Gasteiger charge is -2.21. The number of hydrogen-bond acceptors (Lipinski definition) is 2. The first-order valence-electron chi connectivity index (χ1n) is 5.57. The molecule has 2 N–H and O–H groups in total. The Bertz CT molecular complexity index is 292. The van der Waals surface area contributed by atoms with Crippen molar-refractivity contribution < 1.29 is 0 Å². The molecule has 1 aliphatic carbocycles. The molecule has 2 atom stereocenters. The highest BCUT2D eigenvalue weighted by Crippen LogP contribution is 2.35. The molecule has 0 bridgehead atoms. The summed E-state index contributed by atoms with van der Waals surface area (Å²) in [6.45, 7) is 2.99. The molecular weight excluding hydrogens is 174 g/mol. The fourth-order valence-electron chi connectivity index (χ4n) is 2.56. The predicted molar refractivity (Wildman–Crippen MR) is 57.0 cm³/mol. The van der Waals surface area contributed by atoms with Crippen molar-refractivity contribution in [1.82, 2.24) is 9.55 Å². The van der Waals surface area contributed by atoms with E-state index < -0.39 is 0 Å². The van der Waals surface area contributed by atoms with Crippen molar-refractivity contribution in [2.45, 2.75) is 38.6 Å². The Kier molecular flexibility index (Phi) is 2.87. The minimum atomic E-state index is 0.609. The van der Waals surface area contributed by atoms with E-state index in [4.69, 9.17) is 5.73 Å². The number of rotatable bonds is 3. The summed E-state index contributed by atoms with van der Waals surface area (Å²) in [5, 5.41) is 0. The summed E-state index contributed by atoms with van der Waals surface area (Å²) < 4.78 is 2.34. The highest BCUT2D eigenvalue weighted by atomic mass is 15.1. The summed E-state index contributed by atoms with van der Waals surface area (Å²) in [5.41, 5.74) is 7.13. The maximum absolute atomic E-state index is 5.79.